The molecule has 1 aliphatic rings. The first-order valence-electron chi connectivity index (χ1n) is 13.2. The minimum Gasteiger partial charge on any atom is -0.497 e. The van der Waals surface area contributed by atoms with Crippen LogP contribution in [0.1, 0.15) is 49.4 Å². The Balaban J connectivity index is 1.41. The van der Waals surface area contributed by atoms with E-state index in [0.29, 0.717) is 72.7 Å². The van der Waals surface area contributed by atoms with E-state index in [1.165, 1.54) is 7.11 Å². The fourth-order valence-corrected chi connectivity index (χ4v) is 5.48. The average Bonchev–Trinajstić information content (AvgIpc) is 2.94. The highest BCUT2D eigenvalue weighted by molar-refractivity contribution is 5.85. The monoisotopic (exact) mass is 563 g/mol. The van der Waals surface area contributed by atoms with Crippen molar-refractivity contribution in [3.05, 3.63) is 65.1 Å². The average molecular weight is 564 g/mol. The highest BCUT2D eigenvalue weighted by atomic mass is 19.2. The third kappa shape index (κ3) is 6.82. The summed E-state index contributed by atoms with van der Waals surface area (Å²) in [5.74, 6) is -4.39. The van der Waals surface area contributed by atoms with E-state index < -0.39 is 40.8 Å². The van der Waals surface area contributed by atoms with E-state index >= 15 is 4.39 Å². The number of methoxy groups -OCH3 is 1. The number of nitrogens with two attached hydrogens (primary N) is 1. The molecule has 1 saturated heterocycles. The molecule has 2 heterocycles. The number of rotatable bonds is 12. The molecule has 0 radical (unpaired) electrons. The van der Waals surface area contributed by atoms with E-state index in [9.17, 15) is 23.1 Å². The molecule has 0 amide bonds. The summed E-state index contributed by atoms with van der Waals surface area (Å²) in [6, 6.07) is 6.48. The molecule has 0 bridgehead atoms. The van der Waals surface area contributed by atoms with Gasteiger partial charge in [-0.1, -0.05) is 0 Å². The van der Waals surface area contributed by atoms with Gasteiger partial charge in [0, 0.05) is 42.4 Å². The Morgan fingerprint density at radius 3 is 2.62 bits per heavy atom. The van der Waals surface area contributed by atoms with Crippen LogP contribution < -0.4 is 15.2 Å². The predicted octanol–water partition coefficient (Wildman–Crippen LogP) is 5.55. The van der Waals surface area contributed by atoms with Crippen molar-refractivity contribution in [1.82, 2.24) is 9.88 Å². The van der Waals surface area contributed by atoms with E-state index in [4.69, 9.17) is 15.2 Å². The number of carboxylic acids is 1. The molecular formula is C29H33F4N3O4. The number of hydrogen-bond donors (Lipinski definition) is 2. The van der Waals surface area contributed by atoms with Crippen molar-refractivity contribution < 1.29 is 36.9 Å². The minimum absolute atomic E-state index is 0.00125. The van der Waals surface area contributed by atoms with Gasteiger partial charge in [0.25, 0.3) is 0 Å². The number of aromatic nitrogens is 1. The summed E-state index contributed by atoms with van der Waals surface area (Å²) >= 11 is 0. The molecule has 1 atom stereocenters. The predicted molar refractivity (Wildman–Crippen MR) is 141 cm³/mol. The van der Waals surface area contributed by atoms with Crippen LogP contribution in [-0.2, 0) is 11.3 Å². The Labute approximate surface area is 229 Å². The fourth-order valence-electron chi connectivity index (χ4n) is 5.48. The zero-order valence-electron chi connectivity index (χ0n) is 22.3. The van der Waals surface area contributed by atoms with Crippen molar-refractivity contribution in [2.24, 2.45) is 11.1 Å². The van der Waals surface area contributed by atoms with Gasteiger partial charge in [-0.15, -0.1) is 0 Å². The highest BCUT2D eigenvalue weighted by Crippen LogP contribution is 2.43. The molecule has 216 valence electrons. The van der Waals surface area contributed by atoms with Crippen molar-refractivity contribution in [3.63, 3.8) is 0 Å². The Hall–Kier alpha value is -3.44. The van der Waals surface area contributed by atoms with Gasteiger partial charge in [-0.25, -0.2) is 13.2 Å². The van der Waals surface area contributed by atoms with Crippen LogP contribution in [0.4, 0.5) is 17.6 Å². The summed E-state index contributed by atoms with van der Waals surface area (Å²) in [4.78, 5) is 18.2. The molecule has 1 fully saturated rings. The number of piperidine rings is 1. The number of ether oxygens (including phenoxy) is 2. The van der Waals surface area contributed by atoms with E-state index in [2.05, 4.69) is 4.98 Å². The summed E-state index contributed by atoms with van der Waals surface area (Å²) in [7, 11) is 1.53. The van der Waals surface area contributed by atoms with E-state index in [1.807, 2.05) is 4.90 Å². The molecule has 4 rings (SSSR count). The van der Waals surface area contributed by atoms with Gasteiger partial charge in [0.1, 0.15) is 24.3 Å². The summed E-state index contributed by atoms with van der Waals surface area (Å²) < 4.78 is 67.1. The first-order chi connectivity index (χ1) is 19.1. The molecule has 11 heteroatoms. The lowest BCUT2D eigenvalue weighted by molar-refractivity contribution is -0.141. The number of halogens is 4. The number of alkyl halides is 1. The number of carbonyl (C=O) groups is 1. The number of nitrogens with zero attached hydrogens (tertiary/aromatic N) is 2. The zero-order chi connectivity index (χ0) is 28.9. The molecular weight excluding hydrogens is 530 g/mol. The molecule has 2 aromatic carbocycles. The standard InChI is InChI=1S/C29H33F4N3O4/c1-39-20-2-3-24-21(14-20)27(18(16-34)17-35-24)22(31)4-5-29(15-26(37)38)6-8-36(9-7-29)10-11-40-25-13-19(30)12-23(32)28(25)33/h2-3,12-14,17,22H,4-11,15-16,34H2,1H3,(H,37,38)/t22-/m1/s1. The first-order valence-corrected chi connectivity index (χ1v) is 13.2. The summed E-state index contributed by atoms with van der Waals surface area (Å²) in [6.07, 6.45) is 1.61. The van der Waals surface area contributed by atoms with Crippen LogP contribution in [0.15, 0.2) is 36.5 Å². The SMILES string of the molecule is COc1ccc2ncc(CN)c([C@H](F)CCC3(CC(=O)O)CCN(CCOc4cc(F)cc(F)c4F)CC3)c2c1. The Kier molecular flexibility index (Phi) is 9.47. The molecule has 0 aliphatic carbocycles. The summed E-state index contributed by atoms with van der Waals surface area (Å²) in [5, 5.41) is 10.3. The zero-order valence-corrected chi connectivity index (χ0v) is 22.3. The fraction of sp³-hybridized carbons (Fsp3) is 0.448. The number of benzene rings is 2. The lowest BCUT2D eigenvalue weighted by atomic mass is 9.71. The smallest absolute Gasteiger partial charge is 0.303 e. The summed E-state index contributed by atoms with van der Waals surface area (Å²) in [5.41, 5.74) is 6.96. The van der Waals surface area contributed by atoms with Crippen molar-refractivity contribution in [3.8, 4) is 11.5 Å². The normalized spacial score (nSPS) is 16.1. The molecule has 0 spiro atoms. The second-order valence-electron chi connectivity index (χ2n) is 10.3. The third-order valence-corrected chi connectivity index (χ3v) is 7.73. The van der Waals surface area contributed by atoms with Crippen LogP contribution in [0.2, 0.25) is 0 Å². The van der Waals surface area contributed by atoms with Crippen LogP contribution in [0.5, 0.6) is 11.5 Å². The van der Waals surface area contributed by atoms with Gasteiger partial charge in [-0.3, -0.25) is 14.7 Å². The molecule has 1 aliphatic heterocycles. The third-order valence-electron chi connectivity index (χ3n) is 7.73. The van der Waals surface area contributed by atoms with Crippen LogP contribution in [0.25, 0.3) is 10.9 Å². The van der Waals surface area contributed by atoms with E-state index in [0.717, 1.165) is 6.07 Å². The lowest BCUT2D eigenvalue weighted by Gasteiger charge is -2.41. The van der Waals surface area contributed by atoms with Crippen LogP contribution in [-0.4, -0.2) is 54.3 Å². The van der Waals surface area contributed by atoms with Gasteiger partial charge in [0.05, 0.1) is 19.0 Å². The largest absolute Gasteiger partial charge is 0.497 e. The van der Waals surface area contributed by atoms with Gasteiger partial charge >= 0.3 is 5.97 Å². The molecule has 0 saturated carbocycles. The molecule has 7 nitrogen and oxygen atoms in total. The Morgan fingerprint density at radius 2 is 1.95 bits per heavy atom. The number of likely N-dealkylation sites (tertiary alicyclic amines) is 1. The number of hydrogen-bond acceptors (Lipinski definition) is 6. The number of aliphatic carboxylic acids is 1. The van der Waals surface area contributed by atoms with E-state index in [-0.39, 0.29) is 26.0 Å². The number of carboxylic acid groups (broad SMARTS) is 1. The van der Waals surface area contributed by atoms with Crippen molar-refractivity contribution >= 4 is 16.9 Å². The van der Waals surface area contributed by atoms with Gasteiger partial charge in [-0.05, 0) is 68.0 Å². The van der Waals surface area contributed by atoms with Gasteiger partial charge < -0.3 is 20.3 Å². The maximum Gasteiger partial charge on any atom is 0.303 e. The molecule has 3 N–H and O–H groups in total. The Bertz CT molecular complexity index is 1340. The lowest BCUT2D eigenvalue weighted by Crippen LogP contribution is -2.42. The first kappa shape index (κ1) is 29.5. The minimum atomic E-state index is -1.38. The van der Waals surface area contributed by atoms with E-state index in [1.54, 1.807) is 24.4 Å². The summed E-state index contributed by atoms with van der Waals surface area (Å²) in [6.45, 7) is 1.52. The van der Waals surface area contributed by atoms with Crippen molar-refractivity contribution in [1.29, 1.82) is 0 Å². The van der Waals surface area contributed by atoms with Crippen LogP contribution in [0, 0.1) is 22.9 Å². The Morgan fingerprint density at radius 1 is 1.20 bits per heavy atom. The molecule has 40 heavy (non-hydrogen) atoms. The number of fused-ring (bicyclic) bond motifs is 1. The maximum atomic E-state index is 15.9. The molecule has 3 aromatic rings. The van der Waals surface area contributed by atoms with Crippen molar-refractivity contribution in [2.45, 2.75) is 44.8 Å². The highest BCUT2D eigenvalue weighted by Gasteiger charge is 2.37. The van der Waals surface area contributed by atoms with Crippen molar-refractivity contribution in [2.75, 3.05) is 33.4 Å². The second kappa shape index (κ2) is 12.8. The van der Waals surface area contributed by atoms with Gasteiger partial charge in [0.15, 0.2) is 11.6 Å². The topological polar surface area (TPSA) is 97.9 Å². The van der Waals surface area contributed by atoms with Crippen LogP contribution >= 0.6 is 0 Å². The quantitative estimate of drug-likeness (QED) is 0.220. The number of pyridine rings is 1. The van der Waals surface area contributed by atoms with Gasteiger partial charge in [-0.2, -0.15) is 4.39 Å². The maximum absolute atomic E-state index is 15.9. The molecule has 1 aromatic heterocycles. The van der Waals surface area contributed by atoms with Gasteiger partial charge in [0.2, 0.25) is 5.82 Å². The molecule has 0 unspecified atom stereocenters. The second-order valence-corrected chi connectivity index (χ2v) is 10.3. The van der Waals surface area contributed by atoms with Crippen LogP contribution in [0.3, 0.4) is 0 Å².